The summed E-state index contributed by atoms with van der Waals surface area (Å²) in [4.78, 5) is -0.258. The number of hydrogen-bond donors (Lipinski definition) is 2. The molecule has 0 radical (unpaired) electrons. The lowest BCUT2D eigenvalue weighted by Gasteiger charge is -2.12. The number of methoxy groups -OCH3 is 1. The summed E-state index contributed by atoms with van der Waals surface area (Å²) < 4.78 is 44.1. The maximum atomic E-state index is 13.1. The lowest BCUT2D eigenvalue weighted by Crippen LogP contribution is -2.31. The Morgan fingerprint density at radius 3 is 2.72 bits per heavy atom. The zero-order valence-corrected chi connectivity index (χ0v) is 11.5. The van der Waals surface area contributed by atoms with Crippen LogP contribution in [0, 0.1) is 5.82 Å². The molecule has 0 aliphatic heterocycles. The van der Waals surface area contributed by atoms with Crippen LogP contribution in [0.15, 0.2) is 17.0 Å². The Morgan fingerprint density at radius 1 is 1.56 bits per heavy atom. The summed E-state index contributed by atoms with van der Waals surface area (Å²) in [6.45, 7) is 1.77. The van der Waals surface area contributed by atoms with Gasteiger partial charge in [-0.05, 0) is 19.1 Å². The summed E-state index contributed by atoms with van der Waals surface area (Å²) >= 11 is 5.69. The van der Waals surface area contributed by atoms with Gasteiger partial charge in [-0.1, -0.05) is 11.6 Å². The monoisotopic (exact) mass is 296 g/mol. The van der Waals surface area contributed by atoms with Gasteiger partial charge in [0.25, 0.3) is 0 Å². The number of sulfonamides is 1. The molecule has 1 atom stereocenters. The molecule has 8 heteroatoms. The average Bonchev–Trinajstić information content (AvgIpc) is 2.30. The van der Waals surface area contributed by atoms with Crippen LogP contribution in [0.4, 0.5) is 10.1 Å². The summed E-state index contributed by atoms with van der Waals surface area (Å²) in [7, 11) is -2.38. The number of nitrogen functional groups attached to an aromatic ring is 1. The summed E-state index contributed by atoms with van der Waals surface area (Å²) in [5, 5.41) is -0.223. The van der Waals surface area contributed by atoms with E-state index in [1.807, 2.05) is 0 Å². The van der Waals surface area contributed by atoms with Crippen molar-refractivity contribution in [1.82, 2.24) is 4.72 Å². The van der Waals surface area contributed by atoms with Crippen molar-refractivity contribution in [3.05, 3.63) is 23.0 Å². The second-order valence-electron chi connectivity index (χ2n) is 3.70. The average molecular weight is 297 g/mol. The van der Waals surface area contributed by atoms with Crippen molar-refractivity contribution in [3.63, 3.8) is 0 Å². The van der Waals surface area contributed by atoms with E-state index in [4.69, 9.17) is 22.1 Å². The van der Waals surface area contributed by atoms with E-state index in [0.717, 1.165) is 12.1 Å². The molecule has 0 spiro atoms. The van der Waals surface area contributed by atoms with E-state index in [-0.39, 0.29) is 28.3 Å². The molecule has 5 nitrogen and oxygen atoms in total. The minimum absolute atomic E-state index is 0.0758. The minimum Gasteiger partial charge on any atom is -0.396 e. The molecular formula is C10H14ClFN2O3S. The minimum atomic E-state index is -3.84. The maximum Gasteiger partial charge on any atom is 0.242 e. The van der Waals surface area contributed by atoms with Gasteiger partial charge in [-0.15, -0.1) is 0 Å². The van der Waals surface area contributed by atoms with E-state index in [2.05, 4.69) is 4.72 Å². The SMILES string of the molecule is COC(C)CNS(=O)(=O)c1cc(N)c(F)cc1Cl. The van der Waals surface area contributed by atoms with Crippen LogP contribution in [-0.4, -0.2) is 28.2 Å². The van der Waals surface area contributed by atoms with Gasteiger partial charge in [-0.25, -0.2) is 17.5 Å². The van der Waals surface area contributed by atoms with Crippen LogP contribution < -0.4 is 10.5 Å². The van der Waals surface area contributed by atoms with Gasteiger partial charge >= 0.3 is 0 Å². The Bertz CT molecular complexity index is 536. The fourth-order valence-corrected chi connectivity index (χ4v) is 2.80. The molecule has 3 N–H and O–H groups in total. The predicted octanol–water partition coefficient (Wildman–Crippen LogP) is 1.37. The van der Waals surface area contributed by atoms with Crippen LogP contribution in [0.25, 0.3) is 0 Å². The van der Waals surface area contributed by atoms with Gasteiger partial charge in [0.05, 0.1) is 16.8 Å². The molecule has 1 aromatic rings. The molecule has 0 aliphatic carbocycles. The molecule has 0 saturated carbocycles. The van der Waals surface area contributed by atoms with Gasteiger partial charge in [0.2, 0.25) is 10.0 Å². The van der Waals surface area contributed by atoms with Crippen LogP contribution in [0.3, 0.4) is 0 Å². The van der Waals surface area contributed by atoms with Crippen molar-refractivity contribution < 1.29 is 17.5 Å². The summed E-state index contributed by atoms with van der Waals surface area (Å²) in [5.74, 6) is -0.760. The van der Waals surface area contributed by atoms with Gasteiger partial charge in [-0.2, -0.15) is 0 Å². The van der Waals surface area contributed by atoms with Gasteiger partial charge in [0.1, 0.15) is 10.7 Å². The smallest absolute Gasteiger partial charge is 0.242 e. The second-order valence-corrected chi connectivity index (χ2v) is 5.84. The van der Waals surface area contributed by atoms with Crippen molar-refractivity contribution >= 4 is 27.3 Å². The van der Waals surface area contributed by atoms with E-state index in [1.165, 1.54) is 7.11 Å². The van der Waals surface area contributed by atoms with Crippen molar-refractivity contribution in [2.24, 2.45) is 0 Å². The third-order valence-electron chi connectivity index (χ3n) is 2.30. The van der Waals surface area contributed by atoms with Crippen LogP contribution >= 0.6 is 11.6 Å². The topological polar surface area (TPSA) is 81.4 Å². The molecule has 1 unspecified atom stereocenters. The van der Waals surface area contributed by atoms with Crippen molar-refractivity contribution in [1.29, 1.82) is 0 Å². The number of rotatable bonds is 5. The van der Waals surface area contributed by atoms with Crippen LogP contribution in [0.2, 0.25) is 5.02 Å². The fraction of sp³-hybridized carbons (Fsp3) is 0.400. The molecule has 0 aromatic heterocycles. The zero-order valence-electron chi connectivity index (χ0n) is 9.91. The molecule has 0 bridgehead atoms. The highest BCUT2D eigenvalue weighted by Crippen LogP contribution is 2.26. The maximum absolute atomic E-state index is 13.1. The highest BCUT2D eigenvalue weighted by Gasteiger charge is 2.20. The molecule has 1 aromatic carbocycles. The summed E-state index contributed by atoms with van der Waals surface area (Å²) in [5.41, 5.74) is 5.04. The Balaban J connectivity index is 3.02. The van der Waals surface area contributed by atoms with Gasteiger partial charge in [0, 0.05) is 13.7 Å². The Hall–Kier alpha value is -0.890. The van der Waals surface area contributed by atoms with E-state index >= 15 is 0 Å². The second kappa shape index (κ2) is 5.83. The molecule has 18 heavy (non-hydrogen) atoms. The summed E-state index contributed by atoms with van der Waals surface area (Å²) in [6.07, 6.45) is -0.295. The lowest BCUT2D eigenvalue weighted by atomic mass is 10.3. The molecule has 0 saturated heterocycles. The van der Waals surface area contributed by atoms with Crippen molar-refractivity contribution in [3.8, 4) is 0 Å². The normalized spacial score (nSPS) is 13.6. The zero-order chi connectivity index (χ0) is 13.9. The number of benzene rings is 1. The Morgan fingerprint density at radius 2 is 2.17 bits per heavy atom. The van der Waals surface area contributed by atoms with E-state index in [9.17, 15) is 12.8 Å². The van der Waals surface area contributed by atoms with Crippen molar-refractivity contribution in [2.75, 3.05) is 19.4 Å². The third-order valence-corrected chi connectivity index (χ3v) is 4.19. The first-order chi connectivity index (χ1) is 8.27. The summed E-state index contributed by atoms with van der Waals surface area (Å²) in [6, 6.07) is 1.85. The quantitative estimate of drug-likeness (QED) is 0.804. The lowest BCUT2D eigenvalue weighted by molar-refractivity contribution is 0.122. The van der Waals surface area contributed by atoms with Crippen LogP contribution in [0.5, 0.6) is 0 Å². The molecule has 0 fully saturated rings. The van der Waals surface area contributed by atoms with Gasteiger partial charge in [0.15, 0.2) is 0 Å². The molecule has 0 heterocycles. The Labute approximate surface area is 110 Å². The molecular weight excluding hydrogens is 283 g/mol. The van der Waals surface area contributed by atoms with Crippen molar-refractivity contribution in [2.45, 2.75) is 17.9 Å². The fourth-order valence-electron chi connectivity index (χ4n) is 1.14. The largest absolute Gasteiger partial charge is 0.396 e. The van der Waals surface area contributed by atoms with E-state index in [1.54, 1.807) is 6.92 Å². The van der Waals surface area contributed by atoms with Crippen LogP contribution in [-0.2, 0) is 14.8 Å². The van der Waals surface area contributed by atoms with E-state index < -0.39 is 15.8 Å². The first-order valence-corrected chi connectivity index (χ1v) is 6.91. The first kappa shape index (κ1) is 15.2. The number of anilines is 1. The van der Waals surface area contributed by atoms with Crippen LogP contribution in [0.1, 0.15) is 6.92 Å². The molecule has 102 valence electrons. The predicted molar refractivity (Wildman–Crippen MR) is 67.5 cm³/mol. The number of ether oxygens (including phenoxy) is 1. The number of nitrogens with two attached hydrogens (primary N) is 1. The molecule has 1 rings (SSSR count). The molecule has 0 amide bonds. The van der Waals surface area contributed by atoms with Gasteiger partial charge in [-0.3, -0.25) is 0 Å². The van der Waals surface area contributed by atoms with Gasteiger partial charge < -0.3 is 10.5 Å². The third kappa shape index (κ3) is 3.55. The van der Waals surface area contributed by atoms with E-state index in [0.29, 0.717) is 0 Å². The first-order valence-electron chi connectivity index (χ1n) is 5.05. The number of nitrogens with one attached hydrogen (secondary N) is 1. The number of halogens is 2. The highest BCUT2D eigenvalue weighted by atomic mass is 35.5. The highest BCUT2D eigenvalue weighted by molar-refractivity contribution is 7.89. The standard InChI is InChI=1S/C10H14ClFN2O3S/c1-6(17-2)5-14-18(15,16)10-4-9(13)8(12)3-7(10)11/h3-4,6,14H,5,13H2,1-2H3. The Kier molecular flexibility index (Phi) is 4.92. The molecule has 0 aliphatic rings. The number of hydrogen-bond acceptors (Lipinski definition) is 4.